The Morgan fingerprint density at radius 2 is 1.76 bits per heavy atom. The van der Waals surface area contributed by atoms with Gasteiger partial charge in [0, 0.05) is 62.1 Å². The molecule has 1 aliphatic rings. The van der Waals surface area contributed by atoms with E-state index in [4.69, 9.17) is 0 Å². The topological polar surface area (TPSA) is 32.3 Å². The standard InChI is InChI=1S/C21H24N4/c1-17-14-22-8-6-18(17)7-9-24-10-12-25(13-11-24)21-16-23-15-19-4-2-3-5-20(19)21/h2-6,8,14-16H,7,9-13H2,1H3. The van der Waals surface area contributed by atoms with Crippen molar-refractivity contribution in [2.24, 2.45) is 0 Å². The molecule has 0 atom stereocenters. The molecule has 1 fully saturated rings. The highest BCUT2D eigenvalue weighted by Gasteiger charge is 2.18. The van der Waals surface area contributed by atoms with Crippen molar-refractivity contribution in [1.82, 2.24) is 14.9 Å². The van der Waals surface area contributed by atoms with Gasteiger partial charge in [-0.25, -0.2) is 0 Å². The molecule has 0 bridgehead atoms. The lowest BCUT2D eigenvalue weighted by atomic mass is 10.1. The van der Waals surface area contributed by atoms with Gasteiger partial charge in [-0.05, 0) is 30.5 Å². The highest BCUT2D eigenvalue weighted by Crippen LogP contribution is 2.26. The van der Waals surface area contributed by atoms with Crippen molar-refractivity contribution in [1.29, 1.82) is 0 Å². The van der Waals surface area contributed by atoms with Gasteiger partial charge >= 0.3 is 0 Å². The Hall–Kier alpha value is -2.46. The number of fused-ring (bicyclic) bond motifs is 1. The number of aromatic nitrogens is 2. The van der Waals surface area contributed by atoms with E-state index >= 15 is 0 Å². The second kappa shape index (κ2) is 7.19. The first-order valence-electron chi connectivity index (χ1n) is 9.01. The summed E-state index contributed by atoms with van der Waals surface area (Å²) in [7, 11) is 0. The average molecular weight is 332 g/mol. The number of aryl methyl sites for hydroxylation is 1. The molecule has 1 saturated heterocycles. The number of hydrogen-bond donors (Lipinski definition) is 0. The normalized spacial score (nSPS) is 15.6. The summed E-state index contributed by atoms with van der Waals surface area (Å²) in [4.78, 5) is 13.7. The monoisotopic (exact) mass is 332 g/mol. The third-order valence-corrected chi connectivity index (χ3v) is 5.19. The van der Waals surface area contributed by atoms with Gasteiger partial charge in [0.15, 0.2) is 0 Å². The van der Waals surface area contributed by atoms with Crippen LogP contribution in [-0.2, 0) is 6.42 Å². The quantitative estimate of drug-likeness (QED) is 0.734. The van der Waals surface area contributed by atoms with Crippen LogP contribution in [0.5, 0.6) is 0 Å². The van der Waals surface area contributed by atoms with Crippen LogP contribution in [-0.4, -0.2) is 47.6 Å². The first-order chi connectivity index (χ1) is 12.3. The molecule has 2 aromatic heterocycles. The first-order valence-corrected chi connectivity index (χ1v) is 9.01. The molecule has 0 radical (unpaired) electrons. The van der Waals surface area contributed by atoms with Crippen LogP contribution in [0.15, 0.2) is 55.1 Å². The number of hydrogen-bond acceptors (Lipinski definition) is 4. The second-order valence-electron chi connectivity index (χ2n) is 6.76. The molecule has 25 heavy (non-hydrogen) atoms. The molecule has 0 unspecified atom stereocenters. The van der Waals surface area contributed by atoms with Gasteiger partial charge in [-0.15, -0.1) is 0 Å². The molecule has 0 spiro atoms. The molecule has 1 aromatic carbocycles. The minimum absolute atomic E-state index is 1.06. The Morgan fingerprint density at radius 3 is 2.60 bits per heavy atom. The fourth-order valence-corrected chi connectivity index (χ4v) is 3.63. The predicted molar refractivity (Wildman–Crippen MR) is 103 cm³/mol. The van der Waals surface area contributed by atoms with E-state index < -0.39 is 0 Å². The van der Waals surface area contributed by atoms with Crippen molar-refractivity contribution in [3.05, 3.63) is 66.2 Å². The van der Waals surface area contributed by atoms with Crippen LogP contribution in [0.2, 0.25) is 0 Å². The maximum Gasteiger partial charge on any atom is 0.0633 e. The Morgan fingerprint density at radius 1 is 0.920 bits per heavy atom. The summed E-state index contributed by atoms with van der Waals surface area (Å²) >= 11 is 0. The first kappa shape index (κ1) is 16.0. The predicted octanol–water partition coefficient (Wildman–Crippen LogP) is 3.30. The molecule has 4 heteroatoms. The molecule has 0 aliphatic carbocycles. The highest BCUT2D eigenvalue weighted by molar-refractivity contribution is 5.93. The number of nitrogens with zero attached hydrogens (tertiary/aromatic N) is 4. The number of anilines is 1. The van der Waals surface area contributed by atoms with Gasteiger partial charge in [0.1, 0.15) is 0 Å². The Labute approximate surface area is 149 Å². The summed E-state index contributed by atoms with van der Waals surface area (Å²) in [5.74, 6) is 0. The summed E-state index contributed by atoms with van der Waals surface area (Å²) in [6.45, 7) is 7.59. The van der Waals surface area contributed by atoms with Crippen molar-refractivity contribution < 1.29 is 0 Å². The molecule has 4 rings (SSSR count). The summed E-state index contributed by atoms with van der Waals surface area (Å²) in [6.07, 6.45) is 8.92. The van der Waals surface area contributed by atoms with E-state index in [1.807, 2.05) is 24.8 Å². The zero-order valence-electron chi connectivity index (χ0n) is 14.7. The van der Waals surface area contributed by atoms with Gasteiger partial charge in [0.05, 0.1) is 11.9 Å². The van der Waals surface area contributed by atoms with Crippen LogP contribution in [0.3, 0.4) is 0 Å². The van der Waals surface area contributed by atoms with Crippen LogP contribution >= 0.6 is 0 Å². The second-order valence-corrected chi connectivity index (χ2v) is 6.76. The van der Waals surface area contributed by atoms with Gasteiger partial charge in [-0.2, -0.15) is 0 Å². The fraction of sp³-hybridized carbons (Fsp3) is 0.333. The maximum absolute atomic E-state index is 4.43. The molecule has 3 aromatic rings. The van der Waals surface area contributed by atoms with Gasteiger partial charge in [0.2, 0.25) is 0 Å². The van der Waals surface area contributed by atoms with Crippen molar-refractivity contribution in [3.63, 3.8) is 0 Å². The number of rotatable bonds is 4. The Kier molecular flexibility index (Phi) is 4.61. The minimum atomic E-state index is 1.06. The number of benzene rings is 1. The molecular weight excluding hydrogens is 308 g/mol. The van der Waals surface area contributed by atoms with Crippen molar-refractivity contribution in [2.45, 2.75) is 13.3 Å². The largest absolute Gasteiger partial charge is 0.367 e. The van der Waals surface area contributed by atoms with Gasteiger partial charge in [-0.3, -0.25) is 14.9 Å². The lowest BCUT2D eigenvalue weighted by molar-refractivity contribution is 0.261. The van der Waals surface area contributed by atoms with E-state index in [9.17, 15) is 0 Å². The Bertz CT molecular complexity index is 848. The van der Waals surface area contributed by atoms with Crippen LogP contribution in [0.4, 0.5) is 5.69 Å². The molecule has 0 N–H and O–H groups in total. The maximum atomic E-state index is 4.43. The molecule has 1 aliphatic heterocycles. The van der Waals surface area contributed by atoms with Gasteiger partial charge in [0.25, 0.3) is 0 Å². The third-order valence-electron chi connectivity index (χ3n) is 5.19. The summed E-state index contributed by atoms with van der Waals surface area (Å²) in [5, 5.41) is 2.52. The highest BCUT2D eigenvalue weighted by atomic mass is 15.3. The van der Waals surface area contributed by atoms with Crippen molar-refractivity contribution in [2.75, 3.05) is 37.6 Å². The number of piperazine rings is 1. The smallest absolute Gasteiger partial charge is 0.0633 e. The lowest BCUT2D eigenvalue weighted by Gasteiger charge is -2.36. The molecule has 4 nitrogen and oxygen atoms in total. The van der Waals surface area contributed by atoms with E-state index in [2.05, 4.69) is 57.0 Å². The summed E-state index contributed by atoms with van der Waals surface area (Å²) in [5.41, 5.74) is 3.97. The average Bonchev–Trinajstić information content (AvgIpc) is 2.67. The van der Waals surface area contributed by atoms with Gasteiger partial charge < -0.3 is 4.90 Å². The van der Waals surface area contributed by atoms with Crippen molar-refractivity contribution in [3.8, 4) is 0 Å². The minimum Gasteiger partial charge on any atom is -0.367 e. The van der Waals surface area contributed by atoms with E-state index in [1.54, 1.807) is 0 Å². The zero-order valence-corrected chi connectivity index (χ0v) is 14.7. The van der Waals surface area contributed by atoms with Crippen LogP contribution in [0.25, 0.3) is 10.8 Å². The fourth-order valence-electron chi connectivity index (χ4n) is 3.63. The van der Waals surface area contributed by atoms with Gasteiger partial charge in [-0.1, -0.05) is 24.3 Å². The van der Waals surface area contributed by atoms with Crippen molar-refractivity contribution >= 4 is 16.5 Å². The molecule has 0 saturated carbocycles. The van der Waals surface area contributed by atoms with E-state index in [-0.39, 0.29) is 0 Å². The molecule has 0 amide bonds. The van der Waals surface area contributed by atoms with E-state index in [1.165, 1.54) is 27.6 Å². The van der Waals surface area contributed by atoms with Crippen LogP contribution < -0.4 is 4.90 Å². The Balaban J connectivity index is 1.39. The SMILES string of the molecule is Cc1cnccc1CCN1CCN(c2cncc3ccccc23)CC1. The molecule has 128 valence electrons. The molecule has 3 heterocycles. The van der Waals surface area contributed by atoms with Crippen LogP contribution in [0.1, 0.15) is 11.1 Å². The lowest BCUT2D eigenvalue weighted by Crippen LogP contribution is -2.47. The summed E-state index contributed by atoms with van der Waals surface area (Å²) < 4.78 is 0. The van der Waals surface area contributed by atoms with E-state index in [0.29, 0.717) is 0 Å². The molecular formula is C21H24N4. The third kappa shape index (κ3) is 3.49. The van der Waals surface area contributed by atoms with E-state index in [0.717, 1.165) is 39.1 Å². The van der Waals surface area contributed by atoms with Crippen LogP contribution in [0, 0.1) is 6.92 Å². The summed E-state index contributed by atoms with van der Waals surface area (Å²) in [6, 6.07) is 10.7. The number of pyridine rings is 2. The zero-order chi connectivity index (χ0) is 17.1.